The van der Waals surface area contributed by atoms with E-state index in [1.54, 1.807) is 40.9 Å². The second kappa shape index (κ2) is 8.90. The number of amides is 1. The second-order valence-electron chi connectivity index (χ2n) is 9.59. The standard InChI is InChI=1S/C26H29N5O4/c1-16(17-10-8-7-9-11-17)20-15-29(5)24(33)22-19(20)12-21(28-22)23(32)30(6)18-13-27-31(14-18)25(34)35-26(2,3)4/h7-16,28H,1-6H3. The normalized spacial score (nSPS) is 12.5. The Hall–Kier alpha value is -4.14. The van der Waals surface area contributed by atoms with E-state index in [1.165, 1.54) is 21.9 Å². The molecule has 3 heterocycles. The summed E-state index contributed by atoms with van der Waals surface area (Å²) in [4.78, 5) is 42.8. The molecule has 0 aliphatic carbocycles. The Morgan fingerprint density at radius 1 is 1.14 bits per heavy atom. The molecule has 0 aliphatic rings. The van der Waals surface area contributed by atoms with E-state index >= 15 is 0 Å². The zero-order chi connectivity index (χ0) is 25.5. The van der Waals surface area contributed by atoms with Crippen LogP contribution in [0, 0.1) is 0 Å². The number of aryl methyl sites for hydroxylation is 1. The number of fused-ring (bicyclic) bond motifs is 1. The van der Waals surface area contributed by atoms with Crippen LogP contribution in [-0.4, -0.2) is 44.0 Å². The first kappa shape index (κ1) is 24.0. The first-order valence-electron chi connectivity index (χ1n) is 11.3. The van der Waals surface area contributed by atoms with Crippen molar-refractivity contribution < 1.29 is 14.3 Å². The Balaban J connectivity index is 1.68. The van der Waals surface area contributed by atoms with Gasteiger partial charge in [0.05, 0.1) is 18.1 Å². The van der Waals surface area contributed by atoms with Gasteiger partial charge >= 0.3 is 6.09 Å². The molecule has 182 valence electrons. The number of benzene rings is 1. The van der Waals surface area contributed by atoms with Crippen molar-refractivity contribution in [1.29, 1.82) is 0 Å². The summed E-state index contributed by atoms with van der Waals surface area (Å²) in [6, 6.07) is 11.7. The Morgan fingerprint density at radius 2 is 1.83 bits per heavy atom. The Kier molecular flexibility index (Phi) is 6.10. The molecule has 0 saturated heterocycles. The highest BCUT2D eigenvalue weighted by atomic mass is 16.6. The van der Waals surface area contributed by atoms with E-state index in [1.807, 2.05) is 36.5 Å². The Morgan fingerprint density at radius 3 is 2.49 bits per heavy atom. The lowest BCUT2D eigenvalue weighted by molar-refractivity contribution is 0.0514. The molecule has 0 fully saturated rings. The Bertz CT molecular complexity index is 1460. The molecule has 9 nitrogen and oxygen atoms in total. The average molecular weight is 476 g/mol. The maximum atomic E-state index is 13.3. The number of pyridine rings is 1. The van der Waals surface area contributed by atoms with E-state index in [2.05, 4.69) is 17.0 Å². The molecule has 1 N–H and O–H groups in total. The van der Waals surface area contributed by atoms with Crippen molar-refractivity contribution >= 4 is 28.6 Å². The minimum atomic E-state index is -0.671. The van der Waals surface area contributed by atoms with Crippen LogP contribution in [0.5, 0.6) is 0 Å². The fourth-order valence-electron chi connectivity index (χ4n) is 3.94. The number of aromatic amines is 1. The molecule has 4 aromatic rings. The highest BCUT2D eigenvalue weighted by Gasteiger charge is 2.24. The number of anilines is 1. The molecule has 9 heteroatoms. The summed E-state index contributed by atoms with van der Waals surface area (Å²) in [5.41, 5.74) is 2.19. The van der Waals surface area contributed by atoms with Gasteiger partial charge < -0.3 is 19.2 Å². The van der Waals surface area contributed by atoms with E-state index in [9.17, 15) is 14.4 Å². The highest BCUT2D eigenvalue weighted by Crippen LogP contribution is 2.30. The molecular formula is C26H29N5O4. The molecule has 3 aromatic heterocycles. The Labute approximate surface area is 202 Å². The molecule has 1 atom stereocenters. The first-order valence-corrected chi connectivity index (χ1v) is 11.3. The minimum Gasteiger partial charge on any atom is -0.442 e. The number of rotatable bonds is 4. The largest absolute Gasteiger partial charge is 0.442 e. The van der Waals surface area contributed by atoms with Crippen LogP contribution >= 0.6 is 0 Å². The molecule has 0 aliphatic heterocycles. The molecular weight excluding hydrogens is 446 g/mol. The van der Waals surface area contributed by atoms with E-state index in [4.69, 9.17) is 4.74 Å². The lowest BCUT2D eigenvalue weighted by Crippen LogP contribution is -2.28. The van der Waals surface area contributed by atoms with Crippen molar-refractivity contribution in [3.8, 4) is 0 Å². The third kappa shape index (κ3) is 4.75. The third-order valence-electron chi connectivity index (χ3n) is 5.83. The predicted octanol–water partition coefficient (Wildman–Crippen LogP) is 4.27. The SMILES string of the molecule is CC(c1ccccc1)c1cn(C)c(=O)c2[nH]c(C(=O)N(C)c3cnn(C(=O)OC(C)(C)C)c3)cc12. The lowest BCUT2D eigenvalue weighted by Gasteiger charge is -2.18. The molecule has 1 unspecified atom stereocenters. The van der Waals surface area contributed by atoms with Gasteiger partial charge in [0.2, 0.25) is 0 Å². The fourth-order valence-corrected chi connectivity index (χ4v) is 3.94. The van der Waals surface area contributed by atoms with Crippen molar-refractivity contribution in [3.05, 3.63) is 82.2 Å². The van der Waals surface area contributed by atoms with E-state index in [0.29, 0.717) is 16.6 Å². The van der Waals surface area contributed by atoms with Crippen molar-refractivity contribution in [2.45, 2.75) is 39.2 Å². The number of carbonyl (C=O) groups excluding carboxylic acids is 2. The van der Waals surface area contributed by atoms with Crippen LogP contribution in [0.1, 0.15) is 55.2 Å². The zero-order valence-electron chi connectivity index (χ0n) is 20.7. The lowest BCUT2D eigenvalue weighted by atomic mass is 9.92. The number of nitrogens with zero attached hydrogens (tertiary/aromatic N) is 4. The predicted molar refractivity (Wildman–Crippen MR) is 134 cm³/mol. The summed E-state index contributed by atoms with van der Waals surface area (Å²) in [5, 5.41) is 4.72. The van der Waals surface area contributed by atoms with Gasteiger partial charge in [-0.05, 0) is 38.0 Å². The first-order chi connectivity index (χ1) is 16.5. The number of ether oxygens (including phenoxy) is 1. The van der Waals surface area contributed by atoms with Gasteiger partial charge in [-0.1, -0.05) is 37.3 Å². The molecule has 1 amide bonds. The number of nitrogens with one attached hydrogen (secondary N) is 1. The van der Waals surface area contributed by atoms with Gasteiger partial charge in [-0.25, -0.2) is 4.79 Å². The van der Waals surface area contributed by atoms with Gasteiger partial charge in [-0.3, -0.25) is 9.59 Å². The van der Waals surface area contributed by atoms with Gasteiger partial charge in [0.25, 0.3) is 11.5 Å². The van der Waals surface area contributed by atoms with Crippen LogP contribution < -0.4 is 10.5 Å². The maximum Gasteiger partial charge on any atom is 0.435 e. The maximum absolute atomic E-state index is 13.3. The number of H-pyrrole nitrogens is 1. The van der Waals surface area contributed by atoms with Crippen LogP contribution in [0.15, 0.2) is 59.8 Å². The van der Waals surface area contributed by atoms with Gasteiger partial charge in [0.1, 0.15) is 16.8 Å². The molecule has 0 bridgehead atoms. The van der Waals surface area contributed by atoms with Crippen LogP contribution in [0.25, 0.3) is 10.9 Å². The van der Waals surface area contributed by atoms with E-state index < -0.39 is 11.7 Å². The molecule has 0 radical (unpaired) electrons. The average Bonchev–Trinajstić information content (AvgIpc) is 3.48. The summed E-state index contributed by atoms with van der Waals surface area (Å²) >= 11 is 0. The molecule has 35 heavy (non-hydrogen) atoms. The number of aromatic nitrogens is 4. The highest BCUT2D eigenvalue weighted by molar-refractivity contribution is 6.07. The summed E-state index contributed by atoms with van der Waals surface area (Å²) in [6.07, 6.45) is 4.01. The van der Waals surface area contributed by atoms with Gasteiger partial charge in [-0.15, -0.1) is 0 Å². The van der Waals surface area contributed by atoms with Crippen LogP contribution in [0.3, 0.4) is 0 Å². The van der Waals surface area contributed by atoms with E-state index in [-0.39, 0.29) is 23.1 Å². The number of hydrogen-bond donors (Lipinski definition) is 1. The van der Waals surface area contributed by atoms with Crippen LogP contribution in [0.4, 0.5) is 10.5 Å². The van der Waals surface area contributed by atoms with Gasteiger partial charge in [-0.2, -0.15) is 9.78 Å². The fraction of sp³-hybridized carbons (Fsp3) is 0.308. The minimum absolute atomic E-state index is 0.00837. The monoisotopic (exact) mass is 475 g/mol. The molecule has 0 saturated carbocycles. The number of carbonyl (C=O) groups is 2. The van der Waals surface area contributed by atoms with Crippen LogP contribution in [-0.2, 0) is 11.8 Å². The zero-order valence-corrected chi connectivity index (χ0v) is 20.7. The van der Waals surface area contributed by atoms with E-state index in [0.717, 1.165) is 15.8 Å². The van der Waals surface area contributed by atoms with Crippen molar-refractivity contribution in [2.75, 3.05) is 11.9 Å². The van der Waals surface area contributed by atoms with Gasteiger partial charge in [0, 0.05) is 31.6 Å². The summed E-state index contributed by atoms with van der Waals surface area (Å²) < 4.78 is 7.88. The smallest absolute Gasteiger partial charge is 0.435 e. The third-order valence-corrected chi connectivity index (χ3v) is 5.83. The van der Waals surface area contributed by atoms with Crippen molar-refractivity contribution in [3.63, 3.8) is 0 Å². The van der Waals surface area contributed by atoms with Crippen molar-refractivity contribution in [1.82, 2.24) is 19.3 Å². The molecule has 0 spiro atoms. The second-order valence-corrected chi connectivity index (χ2v) is 9.59. The summed E-state index contributed by atoms with van der Waals surface area (Å²) in [5.74, 6) is -0.362. The topological polar surface area (TPSA) is 102 Å². The van der Waals surface area contributed by atoms with Crippen molar-refractivity contribution in [2.24, 2.45) is 7.05 Å². The molecule has 1 aromatic carbocycles. The summed E-state index contributed by atoms with van der Waals surface area (Å²) in [6.45, 7) is 7.36. The quantitative estimate of drug-likeness (QED) is 0.475. The summed E-state index contributed by atoms with van der Waals surface area (Å²) in [7, 11) is 3.28. The molecule has 4 rings (SSSR count). The van der Waals surface area contributed by atoms with Crippen LogP contribution in [0.2, 0.25) is 0 Å². The number of hydrogen-bond acceptors (Lipinski definition) is 5. The van der Waals surface area contributed by atoms with Gasteiger partial charge in [0.15, 0.2) is 0 Å².